The first-order valence-corrected chi connectivity index (χ1v) is 7.81. The molecule has 0 heterocycles. The topological polar surface area (TPSA) is 58.2 Å². The molecule has 0 bridgehead atoms. The molecule has 8 heteroatoms. The van der Waals surface area contributed by atoms with E-state index >= 15 is 0 Å². The van der Waals surface area contributed by atoms with E-state index in [0.29, 0.717) is 5.75 Å². The summed E-state index contributed by atoms with van der Waals surface area (Å²) in [5.74, 6) is 0.121. The van der Waals surface area contributed by atoms with Gasteiger partial charge in [0.25, 0.3) is 5.91 Å². The van der Waals surface area contributed by atoms with Crippen molar-refractivity contribution in [2.24, 2.45) is 0 Å². The summed E-state index contributed by atoms with van der Waals surface area (Å²) in [6.07, 6.45) is -4.54. The average molecular weight is 322 g/mol. The Bertz CT molecular complexity index is 533. The van der Waals surface area contributed by atoms with E-state index in [-0.39, 0.29) is 23.5 Å². The Morgan fingerprint density at radius 3 is 2.52 bits per heavy atom. The maximum Gasteiger partial charge on any atom is 0.418 e. The fraction of sp³-hybridized carbons (Fsp3) is 0.462. The lowest BCUT2D eigenvalue weighted by molar-refractivity contribution is -0.136. The Morgan fingerprint density at radius 2 is 2.00 bits per heavy atom. The Balaban J connectivity index is 2.92. The summed E-state index contributed by atoms with van der Waals surface area (Å²) in [6, 6.07) is 3.41. The van der Waals surface area contributed by atoms with Crippen LogP contribution in [0.5, 0.6) is 0 Å². The summed E-state index contributed by atoms with van der Waals surface area (Å²) in [7, 11) is 0.291. The van der Waals surface area contributed by atoms with Gasteiger partial charge in [-0.15, -0.1) is 0 Å². The van der Waals surface area contributed by atoms with Gasteiger partial charge in [0.1, 0.15) is 0 Å². The van der Waals surface area contributed by atoms with Crippen LogP contribution in [0.15, 0.2) is 18.2 Å². The first-order valence-electron chi connectivity index (χ1n) is 6.32. The van der Waals surface area contributed by atoms with Crippen molar-refractivity contribution in [1.29, 1.82) is 0 Å². The minimum absolute atomic E-state index is 0.0883. The molecule has 0 fully saturated rings. The molecule has 118 valence electrons. The smallest absolute Gasteiger partial charge is 0.387 e. The molecule has 1 rings (SSSR count). The molecule has 0 radical (unpaired) electrons. The number of carbonyl (C=O) groups is 1. The van der Waals surface area contributed by atoms with Gasteiger partial charge in [-0.2, -0.15) is 13.2 Å². The van der Waals surface area contributed by atoms with E-state index in [4.69, 9.17) is 0 Å². The van der Waals surface area contributed by atoms with Crippen LogP contribution < -0.4 is 10.6 Å². The second-order valence-electron chi connectivity index (χ2n) is 4.16. The van der Waals surface area contributed by atoms with Crippen molar-refractivity contribution < 1.29 is 22.2 Å². The summed E-state index contributed by atoms with van der Waals surface area (Å²) in [4.78, 5) is 12.0. The molecule has 0 aromatic heterocycles. The maximum atomic E-state index is 12.9. The summed E-state index contributed by atoms with van der Waals surface area (Å²) >= 11 is 0. The number of carbonyl (C=O) groups excluding carboxylic acids is 1. The number of nitrogens with one attached hydrogen (secondary N) is 2. The molecule has 21 heavy (non-hydrogen) atoms. The Morgan fingerprint density at radius 1 is 1.33 bits per heavy atom. The van der Waals surface area contributed by atoms with Crippen LogP contribution in [-0.4, -0.2) is 35.2 Å². The van der Waals surface area contributed by atoms with E-state index < -0.39 is 28.4 Å². The Kier molecular flexibility index (Phi) is 6.19. The largest absolute Gasteiger partial charge is 0.418 e. The third kappa shape index (κ3) is 4.73. The maximum absolute atomic E-state index is 12.9. The Hall–Kier alpha value is -1.57. The summed E-state index contributed by atoms with van der Waals surface area (Å²) < 4.78 is 49.8. The lowest BCUT2D eigenvalue weighted by Crippen LogP contribution is -2.29. The van der Waals surface area contributed by atoms with Crippen LogP contribution in [0, 0.1) is 0 Å². The zero-order chi connectivity index (χ0) is 16.0. The number of halogens is 3. The quantitative estimate of drug-likeness (QED) is 0.844. The van der Waals surface area contributed by atoms with Crippen molar-refractivity contribution in [3.05, 3.63) is 29.3 Å². The molecular formula is C13H17F3N2O2S. The third-order valence-electron chi connectivity index (χ3n) is 2.80. The van der Waals surface area contributed by atoms with Crippen molar-refractivity contribution in [3.63, 3.8) is 0 Å². The van der Waals surface area contributed by atoms with Gasteiger partial charge in [0.05, 0.1) is 16.8 Å². The minimum atomic E-state index is -4.54. The molecule has 0 aliphatic heterocycles. The Labute approximate surface area is 123 Å². The molecule has 1 unspecified atom stereocenters. The molecule has 0 aliphatic rings. The first kappa shape index (κ1) is 17.5. The molecule has 1 aromatic rings. The molecule has 0 spiro atoms. The zero-order valence-electron chi connectivity index (χ0n) is 11.7. The normalized spacial score (nSPS) is 12.8. The number of rotatable bonds is 6. The van der Waals surface area contributed by atoms with Crippen LogP contribution in [0.2, 0.25) is 0 Å². The number of para-hydroxylation sites is 1. The van der Waals surface area contributed by atoms with Crippen molar-refractivity contribution in [2.45, 2.75) is 13.1 Å². The van der Waals surface area contributed by atoms with Gasteiger partial charge in [-0.25, -0.2) is 0 Å². The molecule has 2 N–H and O–H groups in total. The highest BCUT2D eigenvalue weighted by atomic mass is 32.2. The molecule has 4 nitrogen and oxygen atoms in total. The lowest BCUT2D eigenvalue weighted by Gasteiger charge is -2.16. The van der Waals surface area contributed by atoms with E-state index in [1.165, 1.54) is 19.2 Å². The van der Waals surface area contributed by atoms with E-state index in [9.17, 15) is 22.2 Å². The first-order chi connectivity index (χ1) is 9.81. The molecule has 0 aliphatic carbocycles. The highest BCUT2D eigenvalue weighted by molar-refractivity contribution is 7.84. The third-order valence-corrected chi connectivity index (χ3v) is 4.11. The van der Waals surface area contributed by atoms with Crippen molar-refractivity contribution in [3.8, 4) is 0 Å². The fourth-order valence-corrected chi connectivity index (χ4v) is 2.38. The van der Waals surface area contributed by atoms with E-state index in [1.54, 1.807) is 6.92 Å². The van der Waals surface area contributed by atoms with Gasteiger partial charge in [-0.3, -0.25) is 9.00 Å². The molecule has 0 saturated carbocycles. The number of anilines is 1. The predicted molar refractivity (Wildman–Crippen MR) is 76.9 cm³/mol. The second-order valence-corrected chi connectivity index (χ2v) is 6.03. The highest BCUT2D eigenvalue weighted by Gasteiger charge is 2.34. The highest BCUT2D eigenvalue weighted by Crippen LogP contribution is 2.36. The van der Waals surface area contributed by atoms with E-state index in [1.807, 2.05) is 0 Å². The van der Waals surface area contributed by atoms with Crippen LogP contribution in [0.3, 0.4) is 0 Å². The predicted octanol–water partition coefficient (Wildman–Crippen LogP) is 2.25. The SMILES string of the molecule is CCS(=O)CCNC(=O)c1cccc(C(F)(F)F)c1NC. The van der Waals surface area contributed by atoms with Gasteiger partial charge in [0, 0.05) is 35.9 Å². The van der Waals surface area contributed by atoms with Gasteiger partial charge < -0.3 is 10.6 Å². The van der Waals surface area contributed by atoms with Crippen molar-refractivity contribution >= 4 is 22.4 Å². The van der Waals surface area contributed by atoms with Crippen LogP contribution in [0.25, 0.3) is 0 Å². The van der Waals surface area contributed by atoms with Crippen molar-refractivity contribution in [1.82, 2.24) is 5.32 Å². The number of alkyl halides is 3. The summed E-state index contributed by atoms with van der Waals surface area (Å²) in [5.41, 5.74) is -1.25. The molecule has 0 saturated heterocycles. The van der Waals surface area contributed by atoms with Gasteiger partial charge >= 0.3 is 6.18 Å². The van der Waals surface area contributed by atoms with E-state index in [0.717, 1.165) is 6.07 Å². The molecule has 1 aromatic carbocycles. The zero-order valence-corrected chi connectivity index (χ0v) is 12.5. The lowest BCUT2D eigenvalue weighted by atomic mass is 10.1. The average Bonchev–Trinajstić information content (AvgIpc) is 2.44. The van der Waals surface area contributed by atoms with E-state index in [2.05, 4.69) is 10.6 Å². The molecule has 1 atom stereocenters. The monoisotopic (exact) mass is 322 g/mol. The number of hydrogen-bond acceptors (Lipinski definition) is 3. The summed E-state index contributed by atoms with van der Waals surface area (Å²) in [6.45, 7) is 1.91. The number of hydrogen-bond donors (Lipinski definition) is 2. The van der Waals surface area contributed by atoms with Crippen LogP contribution in [0.1, 0.15) is 22.8 Å². The number of benzene rings is 1. The molecular weight excluding hydrogens is 305 g/mol. The van der Waals surface area contributed by atoms with Crippen molar-refractivity contribution in [2.75, 3.05) is 30.4 Å². The van der Waals surface area contributed by atoms with Gasteiger partial charge in [0.15, 0.2) is 0 Å². The van der Waals surface area contributed by atoms with Gasteiger partial charge in [0.2, 0.25) is 0 Å². The second kappa shape index (κ2) is 7.44. The fourth-order valence-electron chi connectivity index (χ4n) is 1.77. The van der Waals surface area contributed by atoms with Crippen LogP contribution in [0.4, 0.5) is 18.9 Å². The standard InChI is InChI=1S/C13H17F3N2O2S/c1-3-21(20)8-7-18-12(19)9-5-4-6-10(11(9)17-2)13(14,15)16/h4-6,17H,3,7-8H2,1-2H3,(H,18,19). The van der Waals surface area contributed by atoms with Gasteiger partial charge in [-0.05, 0) is 12.1 Å². The minimum Gasteiger partial charge on any atom is -0.387 e. The summed E-state index contributed by atoms with van der Waals surface area (Å²) in [5, 5.41) is 4.90. The van der Waals surface area contributed by atoms with Crippen LogP contribution in [-0.2, 0) is 17.0 Å². The number of amides is 1. The van der Waals surface area contributed by atoms with Crippen LogP contribution >= 0.6 is 0 Å². The molecule has 1 amide bonds. The van der Waals surface area contributed by atoms with Gasteiger partial charge in [-0.1, -0.05) is 13.0 Å².